The highest BCUT2D eigenvalue weighted by molar-refractivity contribution is 7.92. The molecule has 1 aliphatic rings. The molecule has 0 amide bonds. The fourth-order valence-corrected chi connectivity index (χ4v) is 4.72. The van der Waals surface area contributed by atoms with E-state index in [9.17, 15) is 8.42 Å². The van der Waals surface area contributed by atoms with Gasteiger partial charge >= 0.3 is 0 Å². The van der Waals surface area contributed by atoms with Crippen LogP contribution in [0.3, 0.4) is 0 Å². The van der Waals surface area contributed by atoms with E-state index in [0.29, 0.717) is 5.02 Å². The minimum absolute atomic E-state index is 0.244. The van der Waals surface area contributed by atoms with Crippen LogP contribution in [0.2, 0.25) is 5.02 Å². The van der Waals surface area contributed by atoms with Gasteiger partial charge in [0.2, 0.25) is 15.3 Å². The highest BCUT2D eigenvalue weighted by Gasteiger charge is 2.38. The minimum atomic E-state index is -3.70. The van der Waals surface area contributed by atoms with Crippen LogP contribution in [0.15, 0.2) is 41.6 Å². The summed E-state index contributed by atoms with van der Waals surface area (Å²) in [5.41, 5.74) is 0.685. The van der Waals surface area contributed by atoms with E-state index >= 15 is 0 Å². The van der Waals surface area contributed by atoms with E-state index in [2.05, 4.69) is 10.3 Å². The summed E-state index contributed by atoms with van der Waals surface area (Å²) in [7, 11) is -3.70. The number of rotatable bonds is 5. The largest absolute Gasteiger partial charge is 0.469 e. The van der Waals surface area contributed by atoms with E-state index in [1.807, 2.05) is 6.92 Å². The van der Waals surface area contributed by atoms with E-state index in [0.717, 1.165) is 30.5 Å². The zero-order valence-corrected chi connectivity index (χ0v) is 15.8. The molecule has 3 rings (SSSR count). The number of hydrogen-bond acceptors (Lipinski definition) is 5. The highest BCUT2D eigenvalue weighted by Crippen LogP contribution is 2.31. The second-order valence-corrected chi connectivity index (χ2v) is 8.72. The summed E-state index contributed by atoms with van der Waals surface area (Å²) in [5.74, 6) is 0.288. The number of ether oxygens (including phenoxy) is 1. The van der Waals surface area contributed by atoms with Crippen molar-refractivity contribution in [3.8, 4) is 5.75 Å². The zero-order valence-electron chi connectivity index (χ0n) is 14.2. The fraction of sp³-hybridized carbons (Fsp3) is 0.389. The van der Waals surface area contributed by atoms with E-state index in [1.165, 1.54) is 6.20 Å². The SMILES string of the molecule is Cc1ccc(S(=O)(=O)C(Oc2cncc(C)c2Cl)[C@H]2CCCN2)cc1. The molecule has 0 radical (unpaired) electrons. The number of hydrogen-bond donors (Lipinski definition) is 1. The summed E-state index contributed by atoms with van der Waals surface area (Å²) in [6, 6.07) is 6.52. The van der Waals surface area contributed by atoms with Gasteiger partial charge in [0.05, 0.1) is 22.2 Å². The predicted molar refractivity (Wildman–Crippen MR) is 97.8 cm³/mol. The Morgan fingerprint density at radius 3 is 2.60 bits per heavy atom. The Bertz CT molecular complexity index is 847. The molecule has 1 N–H and O–H groups in total. The molecule has 0 aliphatic carbocycles. The van der Waals surface area contributed by atoms with Crippen LogP contribution in [0.1, 0.15) is 24.0 Å². The van der Waals surface area contributed by atoms with Crippen molar-refractivity contribution in [2.45, 2.75) is 43.1 Å². The standard InChI is InChI=1S/C18H21ClN2O3S/c1-12-5-7-14(8-6-12)25(22,23)18(15-4-3-9-21-15)24-16-11-20-10-13(2)17(16)19/h5-8,10-11,15,18,21H,3-4,9H2,1-2H3/t15-,18?/m1/s1. The van der Waals surface area contributed by atoms with Gasteiger partial charge in [0.1, 0.15) is 0 Å². The second kappa shape index (κ2) is 7.32. The van der Waals surface area contributed by atoms with Crippen LogP contribution >= 0.6 is 11.6 Å². The predicted octanol–water partition coefficient (Wildman–Crippen LogP) is 3.28. The summed E-state index contributed by atoms with van der Waals surface area (Å²) in [5, 5.41) is 3.62. The van der Waals surface area contributed by atoms with Crippen molar-refractivity contribution in [1.29, 1.82) is 0 Å². The maximum absolute atomic E-state index is 13.2. The van der Waals surface area contributed by atoms with Crippen molar-refractivity contribution in [2.24, 2.45) is 0 Å². The Morgan fingerprint density at radius 2 is 1.96 bits per heavy atom. The number of benzene rings is 1. The van der Waals surface area contributed by atoms with Gasteiger partial charge in [-0.3, -0.25) is 4.98 Å². The van der Waals surface area contributed by atoms with E-state index in [4.69, 9.17) is 16.3 Å². The molecule has 0 bridgehead atoms. The first-order valence-corrected chi connectivity index (χ1v) is 10.1. The number of sulfone groups is 1. The smallest absolute Gasteiger partial charge is 0.218 e. The number of aromatic nitrogens is 1. The third kappa shape index (κ3) is 3.81. The van der Waals surface area contributed by atoms with Gasteiger partial charge in [0.25, 0.3) is 0 Å². The average molecular weight is 381 g/mol. The lowest BCUT2D eigenvalue weighted by atomic mass is 10.2. The molecule has 0 saturated carbocycles. The van der Waals surface area contributed by atoms with Gasteiger partial charge in [-0.25, -0.2) is 8.42 Å². The van der Waals surface area contributed by atoms with Crippen molar-refractivity contribution in [2.75, 3.05) is 6.54 Å². The van der Waals surface area contributed by atoms with Gasteiger partial charge in [-0.05, 0) is 50.9 Å². The number of nitrogens with zero attached hydrogens (tertiary/aromatic N) is 1. The molecule has 25 heavy (non-hydrogen) atoms. The number of nitrogens with one attached hydrogen (secondary N) is 1. The van der Waals surface area contributed by atoms with Crippen molar-refractivity contribution in [3.63, 3.8) is 0 Å². The van der Waals surface area contributed by atoms with E-state index in [-0.39, 0.29) is 16.7 Å². The molecule has 2 atom stereocenters. The van der Waals surface area contributed by atoms with Crippen LogP contribution in [0, 0.1) is 13.8 Å². The fourth-order valence-electron chi connectivity index (χ4n) is 2.90. The quantitative estimate of drug-likeness (QED) is 0.862. The van der Waals surface area contributed by atoms with Gasteiger partial charge in [-0.1, -0.05) is 29.3 Å². The van der Waals surface area contributed by atoms with Gasteiger partial charge in [0, 0.05) is 6.20 Å². The first kappa shape index (κ1) is 18.2. The molecule has 1 aliphatic heterocycles. The lowest BCUT2D eigenvalue weighted by Crippen LogP contribution is -2.44. The normalized spacial score (nSPS) is 18.9. The minimum Gasteiger partial charge on any atom is -0.469 e. The third-order valence-electron chi connectivity index (χ3n) is 4.35. The maximum atomic E-state index is 13.2. The molecule has 1 fully saturated rings. The van der Waals surface area contributed by atoms with Crippen LogP contribution in [0.5, 0.6) is 5.75 Å². The number of aryl methyl sites for hydroxylation is 2. The molecule has 134 valence electrons. The summed E-state index contributed by atoms with van der Waals surface area (Å²) in [4.78, 5) is 4.31. The van der Waals surface area contributed by atoms with Gasteiger partial charge in [0.15, 0.2) is 5.75 Å². The van der Waals surface area contributed by atoms with Gasteiger partial charge < -0.3 is 10.1 Å². The highest BCUT2D eigenvalue weighted by atomic mass is 35.5. The first-order valence-electron chi connectivity index (χ1n) is 8.20. The molecule has 7 heteroatoms. The van der Waals surface area contributed by atoms with Crippen molar-refractivity contribution in [1.82, 2.24) is 10.3 Å². The van der Waals surface area contributed by atoms with Crippen LogP contribution in [-0.4, -0.2) is 31.4 Å². The molecule has 1 unspecified atom stereocenters. The maximum Gasteiger partial charge on any atom is 0.218 e. The van der Waals surface area contributed by atoms with E-state index in [1.54, 1.807) is 37.4 Å². The Hall–Kier alpha value is -1.63. The average Bonchev–Trinajstić information content (AvgIpc) is 3.10. The first-order chi connectivity index (χ1) is 11.9. The lowest BCUT2D eigenvalue weighted by molar-refractivity contribution is 0.230. The van der Waals surface area contributed by atoms with Gasteiger partial charge in [-0.2, -0.15) is 0 Å². The molecular weight excluding hydrogens is 360 g/mol. The Labute approximate surface area is 153 Å². The van der Waals surface area contributed by atoms with Crippen LogP contribution in [0.4, 0.5) is 0 Å². The van der Waals surface area contributed by atoms with Crippen molar-refractivity contribution < 1.29 is 13.2 Å². The number of pyridine rings is 1. The molecule has 1 aromatic carbocycles. The second-order valence-electron chi connectivity index (χ2n) is 6.32. The van der Waals surface area contributed by atoms with E-state index < -0.39 is 15.3 Å². The summed E-state index contributed by atoms with van der Waals surface area (Å²) in [6.07, 6.45) is 4.72. The molecule has 2 aromatic rings. The van der Waals surface area contributed by atoms with Crippen molar-refractivity contribution >= 4 is 21.4 Å². The molecule has 2 heterocycles. The Morgan fingerprint density at radius 1 is 1.24 bits per heavy atom. The summed E-state index contributed by atoms with van der Waals surface area (Å²) < 4.78 is 32.3. The molecule has 1 aromatic heterocycles. The summed E-state index contributed by atoms with van der Waals surface area (Å²) in [6.45, 7) is 4.49. The van der Waals surface area contributed by atoms with Gasteiger partial charge in [-0.15, -0.1) is 0 Å². The van der Waals surface area contributed by atoms with Crippen LogP contribution in [-0.2, 0) is 9.84 Å². The Balaban J connectivity index is 1.99. The summed E-state index contributed by atoms with van der Waals surface area (Å²) >= 11 is 6.28. The number of halogens is 1. The molecule has 5 nitrogen and oxygen atoms in total. The Kier molecular flexibility index (Phi) is 5.32. The molecular formula is C18H21ClN2O3S. The molecule has 0 spiro atoms. The monoisotopic (exact) mass is 380 g/mol. The zero-order chi connectivity index (χ0) is 18.0. The topological polar surface area (TPSA) is 68.3 Å². The van der Waals surface area contributed by atoms with Crippen molar-refractivity contribution in [3.05, 3.63) is 52.8 Å². The van der Waals surface area contributed by atoms with Crippen LogP contribution in [0.25, 0.3) is 0 Å². The lowest BCUT2D eigenvalue weighted by Gasteiger charge is -2.25. The molecule has 1 saturated heterocycles. The third-order valence-corrected chi connectivity index (χ3v) is 6.80. The van der Waals surface area contributed by atoms with Crippen LogP contribution < -0.4 is 10.1 Å².